The van der Waals surface area contributed by atoms with Gasteiger partial charge in [-0.3, -0.25) is 0 Å². The standard InChI is InChI=1S/C19H39N3/c1-2-3-4-5-6-7-8-9-10-11-12-13-14-15-16-18-22-19-17-20-21-22/h17,21H,2-16,18-19H2,1H3. The normalized spacial score (nSPS) is 14.6. The van der Waals surface area contributed by atoms with Crippen molar-refractivity contribution in [2.75, 3.05) is 13.1 Å². The molecule has 1 aliphatic rings. The number of nitrogens with one attached hydrogen (secondary N) is 1. The Morgan fingerprint density at radius 3 is 1.59 bits per heavy atom. The van der Waals surface area contributed by atoms with E-state index in [9.17, 15) is 0 Å². The molecule has 0 saturated heterocycles. The number of hydrogen-bond donors (Lipinski definition) is 1. The molecule has 130 valence electrons. The predicted octanol–water partition coefficient (Wildman–Crippen LogP) is 5.66. The first-order valence-electron chi connectivity index (χ1n) is 9.95. The van der Waals surface area contributed by atoms with E-state index in [1.807, 2.05) is 6.21 Å². The van der Waals surface area contributed by atoms with Gasteiger partial charge in [0, 0.05) is 12.8 Å². The molecule has 0 fully saturated rings. The number of hydrogen-bond acceptors (Lipinski definition) is 3. The van der Waals surface area contributed by atoms with Crippen molar-refractivity contribution in [3.8, 4) is 0 Å². The van der Waals surface area contributed by atoms with Crippen LogP contribution in [0.4, 0.5) is 0 Å². The first-order valence-corrected chi connectivity index (χ1v) is 9.95. The van der Waals surface area contributed by atoms with E-state index in [-0.39, 0.29) is 0 Å². The van der Waals surface area contributed by atoms with Crippen LogP contribution in [-0.2, 0) is 0 Å². The second-order valence-corrected chi connectivity index (χ2v) is 6.81. The molecule has 0 atom stereocenters. The van der Waals surface area contributed by atoms with Crippen LogP contribution in [0.5, 0.6) is 0 Å². The minimum atomic E-state index is 0.971. The third kappa shape index (κ3) is 12.0. The van der Waals surface area contributed by atoms with Crippen LogP contribution >= 0.6 is 0 Å². The lowest BCUT2D eigenvalue weighted by Crippen LogP contribution is -2.31. The average molecular weight is 310 g/mol. The van der Waals surface area contributed by atoms with Crippen molar-refractivity contribution >= 4 is 6.21 Å². The number of hydrazone groups is 1. The van der Waals surface area contributed by atoms with Crippen molar-refractivity contribution < 1.29 is 0 Å². The van der Waals surface area contributed by atoms with E-state index < -0.39 is 0 Å². The first kappa shape index (κ1) is 19.5. The molecule has 0 bridgehead atoms. The minimum Gasteiger partial charge on any atom is -0.240 e. The van der Waals surface area contributed by atoms with Crippen molar-refractivity contribution in [1.29, 1.82) is 0 Å². The van der Waals surface area contributed by atoms with Gasteiger partial charge in [0.05, 0.1) is 6.54 Å². The van der Waals surface area contributed by atoms with Gasteiger partial charge in [-0.2, -0.15) is 5.10 Å². The molecule has 0 radical (unpaired) electrons. The van der Waals surface area contributed by atoms with Gasteiger partial charge in [-0.15, -0.1) is 0 Å². The zero-order valence-corrected chi connectivity index (χ0v) is 15.0. The van der Waals surface area contributed by atoms with Crippen molar-refractivity contribution in [1.82, 2.24) is 10.5 Å². The van der Waals surface area contributed by atoms with E-state index in [0.29, 0.717) is 0 Å². The summed E-state index contributed by atoms with van der Waals surface area (Å²) < 4.78 is 0. The molecule has 0 aromatic carbocycles. The Labute approximate surface area is 138 Å². The maximum Gasteiger partial charge on any atom is 0.0566 e. The van der Waals surface area contributed by atoms with Crippen molar-refractivity contribution in [2.24, 2.45) is 5.10 Å². The summed E-state index contributed by atoms with van der Waals surface area (Å²) in [6.45, 7) is 4.40. The molecule has 1 heterocycles. The lowest BCUT2D eigenvalue weighted by molar-refractivity contribution is 0.237. The quantitative estimate of drug-likeness (QED) is 0.372. The fourth-order valence-electron chi connectivity index (χ4n) is 3.12. The van der Waals surface area contributed by atoms with Gasteiger partial charge in [0.2, 0.25) is 0 Å². The number of hydrazine groups is 1. The summed E-state index contributed by atoms with van der Waals surface area (Å²) in [4.78, 5) is 0. The largest absolute Gasteiger partial charge is 0.240 e. The lowest BCUT2D eigenvalue weighted by Gasteiger charge is -2.13. The molecular weight excluding hydrogens is 270 g/mol. The fourth-order valence-corrected chi connectivity index (χ4v) is 3.12. The van der Waals surface area contributed by atoms with Crippen LogP contribution in [0, 0.1) is 0 Å². The maximum absolute atomic E-state index is 4.00. The van der Waals surface area contributed by atoms with Crippen LogP contribution in [0.2, 0.25) is 0 Å². The molecule has 0 spiro atoms. The molecule has 0 saturated carbocycles. The fraction of sp³-hybridized carbons (Fsp3) is 0.947. The van der Waals surface area contributed by atoms with E-state index in [1.165, 1.54) is 96.3 Å². The van der Waals surface area contributed by atoms with E-state index in [0.717, 1.165) is 13.1 Å². The molecule has 0 aromatic heterocycles. The average Bonchev–Trinajstić information content (AvgIpc) is 3.04. The zero-order chi connectivity index (χ0) is 15.7. The minimum absolute atomic E-state index is 0.971. The van der Waals surface area contributed by atoms with Crippen LogP contribution in [0.15, 0.2) is 5.10 Å². The Hall–Kier alpha value is -0.570. The van der Waals surface area contributed by atoms with Crippen molar-refractivity contribution in [3.63, 3.8) is 0 Å². The van der Waals surface area contributed by atoms with Crippen LogP contribution in [0.1, 0.15) is 103 Å². The number of rotatable bonds is 16. The summed E-state index contributed by atoms with van der Waals surface area (Å²) in [6, 6.07) is 0. The first-order chi connectivity index (χ1) is 10.9. The van der Waals surface area contributed by atoms with Gasteiger partial charge in [-0.25, -0.2) is 10.5 Å². The monoisotopic (exact) mass is 309 g/mol. The Bertz CT molecular complexity index is 245. The molecule has 0 amide bonds. The molecule has 1 rings (SSSR count). The highest BCUT2D eigenvalue weighted by Crippen LogP contribution is 2.13. The Morgan fingerprint density at radius 2 is 1.18 bits per heavy atom. The van der Waals surface area contributed by atoms with Crippen molar-refractivity contribution in [2.45, 2.75) is 103 Å². The third-order valence-corrected chi connectivity index (χ3v) is 4.62. The molecule has 3 heteroatoms. The van der Waals surface area contributed by atoms with E-state index in [2.05, 4.69) is 22.6 Å². The van der Waals surface area contributed by atoms with Gasteiger partial charge in [0.1, 0.15) is 0 Å². The van der Waals surface area contributed by atoms with Crippen molar-refractivity contribution in [3.05, 3.63) is 0 Å². The zero-order valence-electron chi connectivity index (χ0n) is 15.0. The Balaban J connectivity index is 1.64. The summed E-state index contributed by atoms with van der Waals surface area (Å²) in [7, 11) is 0. The van der Waals surface area contributed by atoms with Gasteiger partial charge < -0.3 is 0 Å². The van der Waals surface area contributed by atoms with Gasteiger partial charge in [-0.1, -0.05) is 96.8 Å². The van der Waals surface area contributed by atoms with Gasteiger partial charge in [0.25, 0.3) is 0 Å². The Morgan fingerprint density at radius 1 is 0.727 bits per heavy atom. The van der Waals surface area contributed by atoms with Crippen LogP contribution < -0.4 is 5.53 Å². The number of nitrogens with zero attached hydrogens (tertiary/aromatic N) is 2. The molecule has 0 unspecified atom stereocenters. The molecule has 0 aliphatic carbocycles. The van der Waals surface area contributed by atoms with Gasteiger partial charge in [0.15, 0.2) is 0 Å². The van der Waals surface area contributed by atoms with Gasteiger partial charge >= 0.3 is 0 Å². The maximum atomic E-state index is 4.00. The van der Waals surface area contributed by atoms with Crippen LogP contribution in [0.25, 0.3) is 0 Å². The summed E-state index contributed by atoms with van der Waals surface area (Å²) >= 11 is 0. The highest BCUT2D eigenvalue weighted by atomic mass is 15.7. The molecular formula is C19H39N3. The third-order valence-electron chi connectivity index (χ3n) is 4.62. The Kier molecular flexibility index (Phi) is 13.6. The summed E-state index contributed by atoms with van der Waals surface area (Å²) in [5, 5.41) is 6.19. The molecule has 1 aliphatic heterocycles. The summed E-state index contributed by atoms with van der Waals surface area (Å²) in [5.41, 5.74) is 3.01. The topological polar surface area (TPSA) is 27.6 Å². The van der Waals surface area contributed by atoms with Crippen LogP contribution in [0.3, 0.4) is 0 Å². The molecule has 3 nitrogen and oxygen atoms in total. The summed E-state index contributed by atoms with van der Waals surface area (Å²) in [5.74, 6) is 0. The molecule has 22 heavy (non-hydrogen) atoms. The highest BCUT2D eigenvalue weighted by Gasteiger charge is 2.04. The van der Waals surface area contributed by atoms with Crippen LogP contribution in [-0.4, -0.2) is 24.3 Å². The van der Waals surface area contributed by atoms with E-state index in [1.54, 1.807) is 0 Å². The second kappa shape index (κ2) is 15.3. The van der Waals surface area contributed by atoms with Gasteiger partial charge in [-0.05, 0) is 6.42 Å². The predicted molar refractivity (Wildman–Crippen MR) is 98.1 cm³/mol. The lowest BCUT2D eigenvalue weighted by atomic mass is 10.0. The van der Waals surface area contributed by atoms with E-state index in [4.69, 9.17) is 0 Å². The second-order valence-electron chi connectivity index (χ2n) is 6.81. The molecule has 1 N–H and O–H groups in total. The van der Waals surface area contributed by atoms with E-state index >= 15 is 0 Å². The SMILES string of the molecule is CCCCCCCCCCCCCCCCCN1CC=NN1. The number of unbranched alkanes of at least 4 members (excludes halogenated alkanes) is 14. The molecule has 0 aromatic rings. The smallest absolute Gasteiger partial charge is 0.0566 e. The summed E-state index contributed by atoms with van der Waals surface area (Å²) in [6.07, 6.45) is 23.4. The highest BCUT2D eigenvalue weighted by molar-refractivity contribution is 5.60.